The molecule has 1 atom stereocenters. The quantitative estimate of drug-likeness (QED) is 0.744. The van der Waals surface area contributed by atoms with E-state index in [1.54, 1.807) is 24.3 Å². The maximum atomic E-state index is 11.6. The fourth-order valence-corrected chi connectivity index (χ4v) is 1.45. The Balaban J connectivity index is 2.87. The number of esters is 1. The van der Waals surface area contributed by atoms with Gasteiger partial charge in [0.15, 0.2) is 0 Å². The molecule has 1 aromatic carbocycles. The number of hydrogen-bond acceptors (Lipinski definition) is 4. The molecule has 16 heavy (non-hydrogen) atoms. The van der Waals surface area contributed by atoms with E-state index in [9.17, 15) is 9.90 Å². The van der Waals surface area contributed by atoms with Gasteiger partial charge in [0.25, 0.3) is 0 Å². The van der Waals surface area contributed by atoms with Gasteiger partial charge in [-0.2, -0.15) is 0 Å². The summed E-state index contributed by atoms with van der Waals surface area (Å²) in [5.74, 6) is -0.205. The fourth-order valence-electron chi connectivity index (χ4n) is 1.45. The van der Waals surface area contributed by atoms with Crippen molar-refractivity contribution >= 4 is 5.97 Å². The fraction of sp³-hybridized carbons (Fsp3) is 0.417. The lowest BCUT2D eigenvalue weighted by Crippen LogP contribution is -2.30. The Morgan fingerprint density at radius 3 is 2.88 bits per heavy atom. The summed E-state index contributed by atoms with van der Waals surface area (Å²) in [4.78, 5) is 11.6. The van der Waals surface area contributed by atoms with E-state index in [-0.39, 0.29) is 11.7 Å². The Morgan fingerprint density at radius 1 is 1.56 bits per heavy atom. The molecule has 1 aromatic rings. The number of rotatable bonds is 5. The van der Waals surface area contributed by atoms with Crippen LogP contribution in [0.3, 0.4) is 0 Å². The van der Waals surface area contributed by atoms with Crippen LogP contribution in [0.2, 0.25) is 0 Å². The largest absolute Gasteiger partial charge is 0.508 e. The molecule has 0 saturated carbocycles. The van der Waals surface area contributed by atoms with Crippen molar-refractivity contribution in [2.75, 3.05) is 13.7 Å². The Labute approximate surface area is 95.2 Å². The van der Waals surface area contributed by atoms with E-state index in [1.807, 2.05) is 6.92 Å². The van der Waals surface area contributed by atoms with Crippen LogP contribution in [-0.2, 0) is 9.53 Å². The molecule has 0 amide bonds. The molecule has 4 heteroatoms. The minimum absolute atomic E-state index is 0.143. The molecule has 4 nitrogen and oxygen atoms in total. The molecule has 0 radical (unpaired) electrons. The topological polar surface area (TPSA) is 58.6 Å². The normalized spacial score (nSPS) is 12.1. The molecule has 0 aliphatic rings. The van der Waals surface area contributed by atoms with Crippen LogP contribution in [0, 0.1) is 0 Å². The van der Waals surface area contributed by atoms with Gasteiger partial charge in [-0.3, -0.25) is 0 Å². The predicted molar refractivity (Wildman–Crippen MR) is 61.2 cm³/mol. The minimum Gasteiger partial charge on any atom is -0.508 e. The number of methoxy groups -OCH3 is 1. The number of aromatic hydroxyl groups is 1. The van der Waals surface area contributed by atoms with Crippen LogP contribution in [0.15, 0.2) is 24.3 Å². The number of carbonyl (C=O) groups excluding carboxylic acids is 1. The molecule has 2 N–H and O–H groups in total. The van der Waals surface area contributed by atoms with Crippen LogP contribution in [0.4, 0.5) is 0 Å². The summed E-state index contributed by atoms with van der Waals surface area (Å²) in [7, 11) is 1.35. The average molecular weight is 223 g/mol. The number of ether oxygens (including phenoxy) is 1. The zero-order chi connectivity index (χ0) is 12.0. The summed E-state index contributed by atoms with van der Waals surface area (Å²) in [6.07, 6.45) is 0.923. The van der Waals surface area contributed by atoms with Crippen LogP contribution in [0.5, 0.6) is 5.75 Å². The van der Waals surface area contributed by atoms with Gasteiger partial charge in [-0.1, -0.05) is 19.1 Å². The van der Waals surface area contributed by atoms with E-state index >= 15 is 0 Å². The van der Waals surface area contributed by atoms with Crippen LogP contribution < -0.4 is 5.32 Å². The molecule has 0 fully saturated rings. The summed E-state index contributed by atoms with van der Waals surface area (Å²) in [5, 5.41) is 12.4. The van der Waals surface area contributed by atoms with E-state index < -0.39 is 6.04 Å². The second-order valence-electron chi connectivity index (χ2n) is 3.51. The molecule has 0 aromatic heterocycles. The lowest BCUT2D eigenvalue weighted by molar-refractivity contribution is -0.143. The highest BCUT2D eigenvalue weighted by atomic mass is 16.5. The van der Waals surface area contributed by atoms with Gasteiger partial charge in [0.2, 0.25) is 0 Å². The van der Waals surface area contributed by atoms with Crippen LogP contribution >= 0.6 is 0 Å². The number of phenolic OH excluding ortho intramolecular Hbond substituents is 1. The van der Waals surface area contributed by atoms with Crippen LogP contribution in [0.25, 0.3) is 0 Å². The van der Waals surface area contributed by atoms with Gasteiger partial charge in [0.05, 0.1) is 7.11 Å². The van der Waals surface area contributed by atoms with Crippen molar-refractivity contribution in [2.24, 2.45) is 0 Å². The molecule has 1 rings (SSSR count). The minimum atomic E-state index is -0.517. The van der Waals surface area contributed by atoms with E-state index in [0.717, 1.165) is 13.0 Å². The molecular weight excluding hydrogens is 206 g/mol. The zero-order valence-corrected chi connectivity index (χ0v) is 9.56. The van der Waals surface area contributed by atoms with Gasteiger partial charge in [0.1, 0.15) is 11.8 Å². The Kier molecular flexibility index (Phi) is 4.79. The number of carbonyl (C=O) groups is 1. The first-order chi connectivity index (χ1) is 7.69. The lowest BCUT2D eigenvalue weighted by atomic mass is 10.1. The molecule has 0 aliphatic carbocycles. The van der Waals surface area contributed by atoms with Gasteiger partial charge >= 0.3 is 5.97 Å². The molecule has 0 spiro atoms. The van der Waals surface area contributed by atoms with E-state index in [4.69, 9.17) is 4.74 Å². The van der Waals surface area contributed by atoms with Gasteiger partial charge in [-0.05, 0) is 30.7 Å². The number of benzene rings is 1. The second-order valence-corrected chi connectivity index (χ2v) is 3.51. The molecule has 0 saturated heterocycles. The number of hydrogen-bond donors (Lipinski definition) is 2. The number of nitrogens with one attached hydrogen (secondary N) is 1. The van der Waals surface area contributed by atoms with Crippen molar-refractivity contribution in [3.63, 3.8) is 0 Å². The van der Waals surface area contributed by atoms with Crippen molar-refractivity contribution < 1.29 is 14.6 Å². The summed E-state index contributed by atoms with van der Waals surface area (Å²) < 4.78 is 4.72. The molecule has 0 heterocycles. The lowest BCUT2D eigenvalue weighted by Gasteiger charge is -2.16. The maximum Gasteiger partial charge on any atom is 0.327 e. The standard InChI is InChI=1S/C12H17NO3/c1-3-7-13-11(12(15)16-2)9-5-4-6-10(14)8-9/h4-6,8,11,13-14H,3,7H2,1-2H3. The Morgan fingerprint density at radius 2 is 2.31 bits per heavy atom. The van der Waals surface area contributed by atoms with Gasteiger partial charge in [-0.15, -0.1) is 0 Å². The highest BCUT2D eigenvalue weighted by Crippen LogP contribution is 2.19. The van der Waals surface area contributed by atoms with E-state index in [2.05, 4.69) is 5.32 Å². The molecule has 1 unspecified atom stereocenters. The molecule has 0 aliphatic heterocycles. The third-order valence-corrected chi connectivity index (χ3v) is 2.24. The first-order valence-electron chi connectivity index (χ1n) is 5.29. The van der Waals surface area contributed by atoms with Crippen molar-refractivity contribution in [2.45, 2.75) is 19.4 Å². The highest BCUT2D eigenvalue weighted by Gasteiger charge is 2.20. The monoisotopic (exact) mass is 223 g/mol. The zero-order valence-electron chi connectivity index (χ0n) is 9.56. The summed E-state index contributed by atoms with van der Waals surface area (Å²) >= 11 is 0. The molecule has 88 valence electrons. The Hall–Kier alpha value is -1.55. The van der Waals surface area contributed by atoms with Gasteiger partial charge in [-0.25, -0.2) is 4.79 Å². The summed E-state index contributed by atoms with van der Waals surface area (Å²) in [5.41, 5.74) is 0.709. The SMILES string of the molecule is CCCNC(C(=O)OC)c1cccc(O)c1. The molecule has 0 bridgehead atoms. The van der Waals surface area contributed by atoms with Gasteiger partial charge in [0, 0.05) is 0 Å². The predicted octanol–water partition coefficient (Wildman–Crippen LogP) is 1.61. The van der Waals surface area contributed by atoms with E-state index in [1.165, 1.54) is 7.11 Å². The second kappa shape index (κ2) is 6.12. The van der Waals surface area contributed by atoms with Crippen molar-refractivity contribution in [3.8, 4) is 5.75 Å². The van der Waals surface area contributed by atoms with Crippen LogP contribution in [-0.4, -0.2) is 24.7 Å². The van der Waals surface area contributed by atoms with Crippen LogP contribution in [0.1, 0.15) is 24.9 Å². The third kappa shape index (κ3) is 3.24. The number of phenols is 1. The Bertz CT molecular complexity index is 352. The van der Waals surface area contributed by atoms with Crippen molar-refractivity contribution in [1.82, 2.24) is 5.32 Å². The van der Waals surface area contributed by atoms with E-state index in [0.29, 0.717) is 5.56 Å². The molecular formula is C12H17NO3. The maximum absolute atomic E-state index is 11.6. The first kappa shape index (κ1) is 12.5. The highest BCUT2D eigenvalue weighted by molar-refractivity contribution is 5.77. The average Bonchev–Trinajstić information content (AvgIpc) is 2.29. The first-order valence-corrected chi connectivity index (χ1v) is 5.29. The third-order valence-electron chi connectivity index (χ3n) is 2.24. The summed E-state index contributed by atoms with van der Waals surface area (Å²) in [6, 6.07) is 6.09. The van der Waals surface area contributed by atoms with Crippen molar-refractivity contribution in [1.29, 1.82) is 0 Å². The van der Waals surface area contributed by atoms with Gasteiger partial charge < -0.3 is 15.2 Å². The smallest absolute Gasteiger partial charge is 0.327 e. The summed E-state index contributed by atoms with van der Waals surface area (Å²) in [6.45, 7) is 2.74. The van der Waals surface area contributed by atoms with Crippen molar-refractivity contribution in [3.05, 3.63) is 29.8 Å².